The molecule has 0 saturated heterocycles. The van der Waals surface area contributed by atoms with E-state index in [1.165, 1.54) is 70.6 Å². The molecule has 1 fully saturated rings. The van der Waals surface area contributed by atoms with Gasteiger partial charge in [-0.2, -0.15) is 0 Å². The van der Waals surface area contributed by atoms with E-state index in [2.05, 4.69) is 27.7 Å². The summed E-state index contributed by atoms with van der Waals surface area (Å²) < 4.78 is 0. The van der Waals surface area contributed by atoms with E-state index in [0.29, 0.717) is 11.7 Å². The topological polar surface area (TPSA) is 37.3 Å². The standard InChI is InChI=1S/C25H48O2/c1-6-7-8-9-10-11-12-13-14-15-16-22(17-21(2)26)18-25(5)20-23(27)19-24(25,3)4/h22-23,27H,6-20H2,1-5H3/t22-,23?,25-/m1/s1. The number of aliphatic hydroxyl groups is 1. The van der Waals surface area contributed by atoms with Crippen molar-refractivity contribution in [2.45, 2.75) is 137 Å². The Morgan fingerprint density at radius 3 is 1.89 bits per heavy atom. The van der Waals surface area contributed by atoms with E-state index in [1.807, 2.05) is 0 Å². The van der Waals surface area contributed by atoms with Crippen molar-refractivity contribution >= 4 is 5.78 Å². The summed E-state index contributed by atoms with van der Waals surface area (Å²) >= 11 is 0. The summed E-state index contributed by atoms with van der Waals surface area (Å²) in [5.74, 6) is 0.818. The van der Waals surface area contributed by atoms with Crippen LogP contribution >= 0.6 is 0 Å². The lowest BCUT2D eigenvalue weighted by Crippen LogP contribution is -2.32. The van der Waals surface area contributed by atoms with E-state index < -0.39 is 0 Å². The maximum atomic E-state index is 11.8. The van der Waals surface area contributed by atoms with E-state index in [-0.39, 0.29) is 16.9 Å². The molecule has 0 spiro atoms. The highest BCUT2D eigenvalue weighted by Gasteiger charge is 2.49. The van der Waals surface area contributed by atoms with Crippen molar-refractivity contribution in [2.75, 3.05) is 0 Å². The minimum atomic E-state index is -0.166. The molecule has 27 heavy (non-hydrogen) atoms. The summed E-state index contributed by atoms with van der Waals surface area (Å²) in [5, 5.41) is 10.2. The first-order valence-electron chi connectivity index (χ1n) is 11.9. The van der Waals surface area contributed by atoms with E-state index >= 15 is 0 Å². The highest BCUT2D eigenvalue weighted by molar-refractivity contribution is 5.75. The smallest absolute Gasteiger partial charge is 0.130 e. The zero-order valence-corrected chi connectivity index (χ0v) is 19.1. The van der Waals surface area contributed by atoms with Crippen molar-refractivity contribution in [2.24, 2.45) is 16.7 Å². The van der Waals surface area contributed by atoms with Crippen molar-refractivity contribution < 1.29 is 9.90 Å². The van der Waals surface area contributed by atoms with E-state index in [0.717, 1.165) is 25.7 Å². The summed E-state index contributed by atoms with van der Waals surface area (Å²) in [5.41, 5.74) is 0.324. The van der Waals surface area contributed by atoms with Gasteiger partial charge in [-0.15, -0.1) is 0 Å². The molecule has 0 aromatic heterocycles. The number of hydrogen-bond donors (Lipinski definition) is 1. The molecule has 0 amide bonds. The number of rotatable bonds is 15. The molecule has 1 aliphatic carbocycles. The number of Topliss-reactive ketones (excluding diaryl/α,β-unsaturated/α-hetero) is 1. The molecule has 0 heterocycles. The molecule has 2 heteroatoms. The second-order valence-corrected chi connectivity index (χ2v) is 10.5. The van der Waals surface area contributed by atoms with Gasteiger partial charge in [0.25, 0.3) is 0 Å². The van der Waals surface area contributed by atoms with Gasteiger partial charge in [-0.05, 0) is 42.9 Å². The lowest BCUT2D eigenvalue weighted by molar-refractivity contribution is -0.118. The summed E-state index contributed by atoms with van der Waals surface area (Å²) in [6, 6.07) is 0. The third-order valence-corrected chi connectivity index (χ3v) is 7.35. The molecular formula is C25H48O2. The van der Waals surface area contributed by atoms with Crippen LogP contribution in [0.25, 0.3) is 0 Å². The lowest BCUT2D eigenvalue weighted by Gasteiger charge is -2.40. The van der Waals surface area contributed by atoms with Crippen LogP contribution in [-0.4, -0.2) is 17.0 Å². The zero-order valence-electron chi connectivity index (χ0n) is 19.1. The van der Waals surface area contributed by atoms with E-state index in [1.54, 1.807) is 6.92 Å². The van der Waals surface area contributed by atoms with E-state index in [9.17, 15) is 9.90 Å². The van der Waals surface area contributed by atoms with Gasteiger partial charge in [0.1, 0.15) is 5.78 Å². The van der Waals surface area contributed by atoms with E-state index in [4.69, 9.17) is 0 Å². The number of carbonyl (C=O) groups is 1. The van der Waals surface area contributed by atoms with Crippen molar-refractivity contribution in [3.8, 4) is 0 Å². The van der Waals surface area contributed by atoms with Gasteiger partial charge in [0.05, 0.1) is 6.10 Å². The molecular weight excluding hydrogens is 332 g/mol. The van der Waals surface area contributed by atoms with Gasteiger partial charge in [-0.3, -0.25) is 0 Å². The lowest BCUT2D eigenvalue weighted by atomic mass is 9.64. The van der Waals surface area contributed by atoms with Crippen LogP contribution in [0.3, 0.4) is 0 Å². The van der Waals surface area contributed by atoms with Gasteiger partial charge in [0.15, 0.2) is 0 Å². The average Bonchev–Trinajstić information content (AvgIpc) is 2.75. The normalized spacial score (nSPS) is 25.6. The van der Waals surface area contributed by atoms with Crippen molar-refractivity contribution in [1.29, 1.82) is 0 Å². The fraction of sp³-hybridized carbons (Fsp3) is 0.960. The summed E-state index contributed by atoms with van der Waals surface area (Å²) in [6.45, 7) is 11.0. The Hall–Kier alpha value is -0.370. The number of hydrogen-bond acceptors (Lipinski definition) is 2. The molecule has 0 aromatic rings. The van der Waals surface area contributed by atoms with Gasteiger partial charge >= 0.3 is 0 Å². The monoisotopic (exact) mass is 380 g/mol. The van der Waals surface area contributed by atoms with Gasteiger partial charge in [0.2, 0.25) is 0 Å². The van der Waals surface area contributed by atoms with Crippen molar-refractivity contribution in [3.05, 3.63) is 0 Å². The predicted molar refractivity (Wildman–Crippen MR) is 117 cm³/mol. The second-order valence-electron chi connectivity index (χ2n) is 10.5. The van der Waals surface area contributed by atoms with Gasteiger partial charge in [0, 0.05) is 6.42 Å². The molecule has 0 aliphatic heterocycles. The molecule has 1 rings (SSSR count). The Bertz CT molecular complexity index is 415. The minimum Gasteiger partial charge on any atom is -0.393 e. The molecule has 0 bridgehead atoms. The second kappa shape index (κ2) is 12.2. The van der Waals surface area contributed by atoms with Crippen molar-refractivity contribution in [3.63, 3.8) is 0 Å². The molecule has 1 N–H and O–H groups in total. The summed E-state index contributed by atoms with van der Waals surface area (Å²) in [7, 11) is 0. The SMILES string of the molecule is CCCCCCCCCCCC[C@H](CC(C)=O)C[C@]1(C)CC(O)CC1(C)C. The molecule has 2 nitrogen and oxygen atoms in total. The van der Waals surface area contributed by atoms with Crippen LogP contribution in [0.1, 0.15) is 131 Å². The number of ketones is 1. The number of aliphatic hydroxyl groups excluding tert-OH is 1. The Morgan fingerprint density at radius 2 is 1.44 bits per heavy atom. The first-order valence-corrected chi connectivity index (χ1v) is 11.9. The quantitative estimate of drug-likeness (QED) is 0.299. The van der Waals surface area contributed by atoms with Crippen molar-refractivity contribution in [1.82, 2.24) is 0 Å². The third-order valence-electron chi connectivity index (χ3n) is 7.35. The zero-order chi connectivity index (χ0) is 20.3. The highest BCUT2D eigenvalue weighted by Crippen LogP contribution is 2.56. The predicted octanol–water partition coefficient (Wildman–Crippen LogP) is 7.47. The maximum Gasteiger partial charge on any atom is 0.130 e. The first kappa shape index (κ1) is 24.7. The average molecular weight is 381 g/mol. The van der Waals surface area contributed by atoms with Gasteiger partial charge < -0.3 is 9.90 Å². The van der Waals surface area contributed by atoms with Gasteiger partial charge in [-0.1, -0.05) is 98.3 Å². The van der Waals surface area contributed by atoms with Crippen LogP contribution in [0.4, 0.5) is 0 Å². The Morgan fingerprint density at radius 1 is 0.926 bits per heavy atom. The molecule has 1 unspecified atom stereocenters. The largest absolute Gasteiger partial charge is 0.393 e. The summed E-state index contributed by atoms with van der Waals surface area (Å²) in [4.78, 5) is 11.8. The summed E-state index contributed by atoms with van der Waals surface area (Å²) in [6.07, 6.45) is 18.3. The fourth-order valence-electron chi connectivity index (χ4n) is 5.30. The van der Waals surface area contributed by atoms with Crippen LogP contribution in [0, 0.1) is 16.7 Å². The molecule has 160 valence electrons. The van der Waals surface area contributed by atoms with Crippen LogP contribution < -0.4 is 0 Å². The maximum absolute atomic E-state index is 11.8. The number of carbonyl (C=O) groups excluding carboxylic acids is 1. The Balaban J connectivity index is 2.30. The number of unbranched alkanes of at least 4 members (excludes halogenated alkanes) is 9. The molecule has 1 aliphatic rings. The van der Waals surface area contributed by atoms with Crippen LogP contribution in [0.2, 0.25) is 0 Å². The Kier molecular flexibility index (Phi) is 11.2. The molecule has 1 saturated carbocycles. The molecule has 0 aromatic carbocycles. The Labute approximate surface area is 169 Å². The van der Waals surface area contributed by atoms with Crippen LogP contribution in [-0.2, 0) is 4.79 Å². The third kappa shape index (κ3) is 9.11. The van der Waals surface area contributed by atoms with Crippen LogP contribution in [0.5, 0.6) is 0 Å². The molecule has 0 radical (unpaired) electrons. The van der Waals surface area contributed by atoms with Gasteiger partial charge in [-0.25, -0.2) is 0 Å². The van der Waals surface area contributed by atoms with Crippen LogP contribution in [0.15, 0.2) is 0 Å². The minimum absolute atomic E-state index is 0.158. The molecule has 3 atom stereocenters. The highest BCUT2D eigenvalue weighted by atomic mass is 16.3. The fourth-order valence-corrected chi connectivity index (χ4v) is 5.30. The first-order chi connectivity index (χ1) is 12.7.